The normalized spacial score (nSPS) is 12.9. The van der Waals surface area contributed by atoms with E-state index in [1.54, 1.807) is 18.2 Å². The van der Waals surface area contributed by atoms with Crippen LogP contribution < -0.4 is 4.72 Å². The van der Waals surface area contributed by atoms with Gasteiger partial charge in [0.15, 0.2) is 11.9 Å². The van der Waals surface area contributed by atoms with Gasteiger partial charge in [0.25, 0.3) is 0 Å². The molecule has 0 spiro atoms. The lowest BCUT2D eigenvalue weighted by molar-refractivity contribution is -0.146. The Hall–Kier alpha value is -1.77. The second-order valence-corrected chi connectivity index (χ2v) is 5.56. The molecule has 0 aliphatic carbocycles. The quantitative estimate of drug-likeness (QED) is 0.566. The van der Waals surface area contributed by atoms with E-state index in [9.17, 15) is 18.0 Å². The zero-order chi connectivity index (χ0) is 14.5. The molecule has 0 heterocycles. The number of hydrogen-bond acceptors (Lipinski definition) is 5. The highest BCUT2D eigenvalue weighted by Gasteiger charge is 2.21. The topological polar surface area (TPSA) is 121 Å². The highest BCUT2D eigenvalue weighted by molar-refractivity contribution is 7.90. The van der Waals surface area contributed by atoms with Gasteiger partial charge in [-0.05, 0) is 0 Å². The van der Waals surface area contributed by atoms with Crippen molar-refractivity contribution in [2.75, 3.05) is 12.3 Å². The first-order chi connectivity index (χ1) is 8.82. The van der Waals surface area contributed by atoms with Gasteiger partial charge in [-0.1, -0.05) is 30.3 Å². The molecule has 1 unspecified atom stereocenters. The number of aliphatic carboxylic acids is 1. The molecular formula is C11H13NO6S. The molecule has 0 aliphatic heterocycles. The molecule has 0 aromatic heterocycles. The molecule has 8 heteroatoms. The minimum Gasteiger partial charge on any atom is -0.479 e. The van der Waals surface area contributed by atoms with Crippen LogP contribution in [0.3, 0.4) is 0 Å². The Balaban J connectivity index is 2.60. The van der Waals surface area contributed by atoms with Crippen LogP contribution in [0.2, 0.25) is 0 Å². The van der Waals surface area contributed by atoms with Crippen LogP contribution in [0.25, 0.3) is 0 Å². The summed E-state index contributed by atoms with van der Waals surface area (Å²) in [5.74, 6) is -2.96. The van der Waals surface area contributed by atoms with E-state index in [2.05, 4.69) is 0 Å². The standard InChI is InChI=1S/C11H13NO6S/c13-9(11(15)16)6-12-19(17,18)7-10(14)8-4-2-1-3-5-8/h1-5,9,12-13H,6-7H2,(H,15,16). The van der Waals surface area contributed by atoms with Gasteiger partial charge in [-0.2, -0.15) is 0 Å². The number of aliphatic hydroxyl groups excluding tert-OH is 1. The summed E-state index contributed by atoms with van der Waals surface area (Å²) in [5, 5.41) is 17.3. The molecule has 1 atom stereocenters. The van der Waals surface area contributed by atoms with Gasteiger partial charge in [0.2, 0.25) is 10.0 Å². The molecule has 1 aromatic carbocycles. The van der Waals surface area contributed by atoms with Crippen molar-refractivity contribution in [3.8, 4) is 0 Å². The largest absolute Gasteiger partial charge is 0.479 e. The average Bonchev–Trinajstić information content (AvgIpc) is 2.36. The second-order valence-electron chi connectivity index (χ2n) is 3.75. The number of benzene rings is 1. The molecule has 0 saturated heterocycles. The number of rotatable bonds is 7. The Morgan fingerprint density at radius 3 is 2.32 bits per heavy atom. The van der Waals surface area contributed by atoms with Crippen molar-refractivity contribution in [2.45, 2.75) is 6.10 Å². The minimum absolute atomic E-state index is 0.242. The van der Waals surface area contributed by atoms with Gasteiger partial charge in [0, 0.05) is 12.1 Å². The van der Waals surface area contributed by atoms with Crippen molar-refractivity contribution in [2.24, 2.45) is 0 Å². The number of hydrogen-bond donors (Lipinski definition) is 3. The van der Waals surface area contributed by atoms with Crippen LogP contribution in [0.4, 0.5) is 0 Å². The van der Waals surface area contributed by atoms with E-state index in [-0.39, 0.29) is 5.56 Å². The van der Waals surface area contributed by atoms with Crippen molar-refractivity contribution in [1.82, 2.24) is 4.72 Å². The summed E-state index contributed by atoms with van der Waals surface area (Å²) in [5.41, 5.74) is 0.242. The van der Waals surface area contributed by atoms with Crippen LogP contribution in [0.1, 0.15) is 10.4 Å². The van der Waals surface area contributed by atoms with Gasteiger partial charge >= 0.3 is 5.97 Å². The van der Waals surface area contributed by atoms with E-state index >= 15 is 0 Å². The summed E-state index contributed by atoms with van der Waals surface area (Å²) in [4.78, 5) is 21.9. The third-order valence-electron chi connectivity index (χ3n) is 2.20. The monoisotopic (exact) mass is 287 g/mol. The van der Waals surface area contributed by atoms with Gasteiger partial charge in [-0.25, -0.2) is 17.9 Å². The highest BCUT2D eigenvalue weighted by atomic mass is 32.2. The van der Waals surface area contributed by atoms with E-state index in [4.69, 9.17) is 10.2 Å². The third-order valence-corrected chi connectivity index (χ3v) is 3.45. The summed E-state index contributed by atoms with van der Waals surface area (Å²) < 4.78 is 24.9. The number of carboxylic acids is 1. The number of sulfonamides is 1. The van der Waals surface area contributed by atoms with Crippen LogP contribution in [0.15, 0.2) is 30.3 Å². The summed E-state index contributed by atoms with van der Waals surface area (Å²) in [6.45, 7) is -0.681. The van der Waals surface area contributed by atoms with Gasteiger partial charge in [0.05, 0.1) is 0 Å². The fourth-order valence-electron chi connectivity index (χ4n) is 1.22. The first-order valence-electron chi connectivity index (χ1n) is 5.28. The minimum atomic E-state index is -3.98. The van der Waals surface area contributed by atoms with Crippen molar-refractivity contribution in [3.05, 3.63) is 35.9 Å². The molecule has 1 rings (SSSR count). The highest BCUT2D eigenvalue weighted by Crippen LogP contribution is 2.02. The first kappa shape index (κ1) is 15.3. The molecule has 7 nitrogen and oxygen atoms in total. The van der Waals surface area contributed by atoms with Crippen LogP contribution >= 0.6 is 0 Å². The molecular weight excluding hydrogens is 274 g/mol. The van der Waals surface area contributed by atoms with Crippen LogP contribution in [0.5, 0.6) is 0 Å². The predicted octanol–water partition coefficient (Wildman–Crippen LogP) is -0.766. The predicted molar refractivity (Wildman–Crippen MR) is 66.2 cm³/mol. The number of nitrogens with one attached hydrogen (secondary N) is 1. The van der Waals surface area contributed by atoms with Crippen molar-refractivity contribution >= 4 is 21.8 Å². The van der Waals surface area contributed by atoms with Gasteiger partial charge in [-0.3, -0.25) is 4.79 Å². The van der Waals surface area contributed by atoms with E-state index in [1.165, 1.54) is 12.1 Å². The van der Waals surface area contributed by atoms with Crippen LogP contribution in [0, 0.1) is 0 Å². The molecule has 0 bridgehead atoms. The number of aliphatic hydroxyl groups is 1. The number of carbonyl (C=O) groups is 2. The van der Waals surface area contributed by atoms with E-state index < -0.39 is 40.2 Å². The van der Waals surface area contributed by atoms with E-state index in [1.807, 2.05) is 4.72 Å². The van der Waals surface area contributed by atoms with Crippen LogP contribution in [-0.2, 0) is 14.8 Å². The summed E-state index contributed by atoms with van der Waals surface area (Å²) >= 11 is 0. The molecule has 0 saturated carbocycles. The Morgan fingerprint density at radius 1 is 1.21 bits per heavy atom. The van der Waals surface area contributed by atoms with Gasteiger partial charge in [-0.15, -0.1) is 0 Å². The summed E-state index contributed by atoms with van der Waals surface area (Å²) in [6, 6.07) is 7.84. The van der Waals surface area contributed by atoms with E-state index in [0.29, 0.717) is 0 Å². The Morgan fingerprint density at radius 2 is 1.79 bits per heavy atom. The maximum absolute atomic E-state index is 11.6. The lowest BCUT2D eigenvalue weighted by Crippen LogP contribution is -2.38. The molecule has 19 heavy (non-hydrogen) atoms. The van der Waals surface area contributed by atoms with Gasteiger partial charge in [0.1, 0.15) is 5.75 Å². The summed E-state index contributed by atoms with van der Waals surface area (Å²) in [6.07, 6.45) is -1.85. The molecule has 3 N–H and O–H groups in total. The maximum atomic E-state index is 11.6. The number of carboxylic acid groups (broad SMARTS) is 1. The second kappa shape index (κ2) is 6.41. The Kier molecular flexibility index (Phi) is 5.16. The molecule has 0 amide bonds. The molecule has 0 aliphatic rings. The lowest BCUT2D eigenvalue weighted by Gasteiger charge is -2.08. The first-order valence-corrected chi connectivity index (χ1v) is 6.93. The number of Topliss-reactive ketones (excluding diaryl/α,β-unsaturated/α-hetero) is 1. The van der Waals surface area contributed by atoms with Crippen LogP contribution in [-0.4, -0.2) is 48.8 Å². The maximum Gasteiger partial charge on any atom is 0.333 e. The summed E-state index contributed by atoms with van der Waals surface area (Å²) in [7, 11) is -3.98. The lowest BCUT2D eigenvalue weighted by atomic mass is 10.2. The Labute approximate surface area is 109 Å². The van der Waals surface area contributed by atoms with Crippen molar-refractivity contribution < 1.29 is 28.2 Å². The average molecular weight is 287 g/mol. The van der Waals surface area contributed by atoms with Gasteiger partial charge < -0.3 is 10.2 Å². The SMILES string of the molecule is O=C(CS(=O)(=O)NCC(O)C(=O)O)c1ccccc1. The number of carbonyl (C=O) groups excluding carboxylic acids is 1. The smallest absolute Gasteiger partial charge is 0.333 e. The zero-order valence-electron chi connectivity index (χ0n) is 9.81. The fourth-order valence-corrected chi connectivity index (χ4v) is 2.25. The van der Waals surface area contributed by atoms with Crippen molar-refractivity contribution in [1.29, 1.82) is 0 Å². The molecule has 0 fully saturated rings. The molecule has 1 aromatic rings. The zero-order valence-corrected chi connectivity index (χ0v) is 10.6. The molecule has 0 radical (unpaired) electrons. The third kappa shape index (κ3) is 5.16. The van der Waals surface area contributed by atoms with E-state index in [0.717, 1.165) is 0 Å². The fraction of sp³-hybridized carbons (Fsp3) is 0.273. The number of ketones is 1. The Bertz CT molecular complexity index is 554. The van der Waals surface area contributed by atoms with Crippen molar-refractivity contribution in [3.63, 3.8) is 0 Å². The molecule has 104 valence electrons.